The van der Waals surface area contributed by atoms with Gasteiger partial charge in [0.1, 0.15) is 0 Å². The van der Waals surface area contributed by atoms with Crippen LogP contribution in [0.4, 0.5) is 0 Å². The van der Waals surface area contributed by atoms with Crippen LogP contribution in [0.5, 0.6) is 0 Å². The standard InChI is InChI=1S/C21H25ClN2O2/c1-15-6-4-5-7-18(15)20(25)12-13-21(26)23-14-19(24(2)3)16-8-10-17(22)11-9-16/h4-11,19H,12-14H2,1-3H3,(H,23,26). The van der Waals surface area contributed by atoms with E-state index >= 15 is 0 Å². The lowest BCUT2D eigenvalue weighted by Gasteiger charge is -2.25. The fraction of sp³-hybridized carbons (Fsp3) is 0.333. The van der Waals surface area contributed by atoms with Crippen LogP contribution < -0.4 is 5.32 Å². The number of ketones is 1. The first kappa shape index (κ1) is 20.1. The molecule has 0 saturated carbocycles. The minimum atomic E-state index is -0.118. The maximum atomic E-state index is 12.3. The third-order valence-corrected chi connectivity index (χ3v) is 4.65. The molecule has 5 heteroatoms. The van der Waals surface area contributed by atoms with Crippen LogP contribution in [0.25, 0.3) is 0 Å². The van der Waals surface area contributed by atoms with E-state index in [-0.39, 0.29) is 30.6 Å². The number of halogens is 1. The number of benzene rings is 2. The first-order valence-electron chi connectivity index (χ1n) is 8.66. The highest BCUT2D eigenvalue weighted by molar-refractivity contribution is 6.30. The van der Waals surface area contributed by atoms with Gasteiger partial charge in [0, 0.05) is 30.0 Å². The highest BCUT2D eigenvalue weighted by Gasteiger charge is 2.16. The average molecular weight is 373 g/mol. The van der Waals surface area contributed by atoms with E-state index in [2.05, 4.69) is 5.32 Å². The predicted molar refractivity (Wildman–Crippen MR) is 106 cm³/mol. The van der Waals surface area contributed by atoms with Crippen molar-refractivity contribution in [1.29, 1.82) is 0 Å². The van der Waals surface area contributed by atoms with Crippen molar-refractivity contribution in [3.63, 3.8) is 0 Å². The minimum Gasteiger partial charge on any atom is -0.354 e. The van der Waals surface area contributed by atoms with Crippen molar-refractivity contribution in [2.75, 3.05) is 20.6 Å². The Labute approximate surface area is 160 Å². The molecule has 0 radical (unpaired) electrons. The van der Waals surface area contributed by atoms with Crippen molar-refractivity contribution < 1.29 is 9.59 Å². The number of carbonyl (C=O) groups is 2. The molecule has 0 aromatic heterocycles. The van der Waals surface area contributed by atoms with Crippen molar-refractivity contribution >= 4 is 23.3 Å². The van der Waals surface area contributed by atoms with Gasteiger partial charge >= 0.3 is 0 Å². The number of rotatable bonds is 8. The molecular weight excluding hydrogens is 348 g/mol. The normalized spacial score (nSPS) is 12.0. The number of carbonyl (C=O) groups excluding carboxylic acids is 2. The van der Waals surface area contributed by atoms with E-state index in [1.54, 1.807) is 6.07 Å². The summed E-state index contributed by atoms with van der Waals surface area (Å²) in [6.45, 7) is 2.38. The van der Waals surface area contributed by atoms with Crippen LogP contribution in [0.15, 0.2) is 48.5 Å². The summed E-state index contributed by atoms with van der Waals surface area (Å²) in [6.07, 6.45) is 0.401. The van der Waals surface area contributed by atoms with Crippen molar-refractivity contribution in [3.8, 4) is 0 Å². The van der Waals surface area contributed by atoms with Crippen LogP contribution >= 0.6 is 11.6 Å². The van der Waals surface area contributed by atoms with E-state index in [9.17, 15) is 9.59 Å². The molecule has 1 unspecified atom stereocenters. The molecule has 0 saturated heterocycles. The summed E-state index contributed by atoms with van der Waals surface area (Å²) in [6, 6.07) is 15.1. The quantitative estimate of drug-likeness (QED) is 0.712. The van der Waals surface area contributed by atoms with Gasteiger partial charge in [0.25, 0.3) is 0 Å². The van der Waals surface area contributed by atoms with Gasteiger partial charge < -0.3 is 10.2 Å². The van der Waals surface area contributed by atoms with Gasteiger partial charge in [0.2, 0.25) is 5.91 Å². The Morgan fingerprint density at radius 1 is 1.04 bits per heavy atom. The van der Waals surface area contributed by atoms with E-state index in [0.29, 0.717) is 17.1 Å². The number of hydrogen-bond acceptors (Lipinski definition) is 3. The second-order valence-electron chi connectivity index (χ2n) is 6.57. The Balaban J connectivity index is 1.87. The number of aryl methyl sites for hydroxylation is 1. The van der Waals surface area contributed by atoms with Crippen LogP contribution in [0.2, 0.25) is 5.02 Å². The van der Waals surface area contributed by atoms with Crippen molar-refractivity contribution in [3.05, 3.63) is 70.2 Å². The molecule has 2 aromatic carbocycles. The molecule has 1 amide bonds. The Hall–Kier alpha value is -2.17. The van der Waals surface area contributed by atoms with Gasteiger partial charge in [-0.15, -0.1) is 0 Å². The number of hydrogen-bond donors (Lipinski definition) is 1. The molecule has 0 bridgehead atoms. The summed E-state index contributed by atoms with van der Waals surface area (Å²) in [5.74, 6) is -0.118. The first-order chi connectivity index (χ1) is 12.4. The molecule has 0 aliphatic carbocycles. The third-order valence-electron chi connectivity index (χ3n) is 4.40. The molecule has 0 aliphatic rings. The molecular formula is C21H25ClN2O2. The lowest BCUT2D eigenvalue weighted by molar-refractivity contribution is -0.121. The van der Waals surface area contributed by atoms with Crippen molar-refractivity contribution in [1.82, 2.24) is 10.2 Å². The van der Waals surface area contributed by atoms with E-state index in [1.807, 2.05) is 68.4 Å². The molecule has 1 atom stereocenters. The lowest BCUT2D eigenvalue weighted by atomic mass is 10.0. The molecule has 2 aromatic rings. The molecule has 1 N–H and O–H groups in total. The Morgan fingerprint density at radius 2 is 1.69 bits per heavy atom. The Kier molecular flexibility index (Phi) is 7.37. The summed E-state index contributed by atoms with van der Waals surface area (Å²) in [5.41, 5.74) is 2.71. The Bertz CT molecular complexity index is 757. The van der Waals surface area contributed by atoms with Gasteiger partial charge in [-0.1, -0.05) is 48.0 Å². The van der Waals surface area contributed by atoms with Crippen LogP contribution in [0, 0.1) is 6.92 Å². The first-order valence-corrected chi connectivity index (χ1v) is 9.03. The summed E-state index contributed by atoms with van der Waals surface area (Å²) in [5, 5.41) is 3.62. The van der Waals surface area contributed by atoms with E-state index in [4.69, 9.17) is 11.6 Å². The summed E-state index contributed by atoms with van der Waals surface area (Å²) in [7, 11) is 3.93. The molecule has 26 heavy (non-hydrogen) atoms. The topological polar surface area (TPSA) is 49.4 Å². The highest BCUT2D eigenvalue weighted by atomic mass is 35.5. The molecule has 0 spiro atoms. The van der Waals surface area contributed by atoms with Gasteiger partial charge in [0.15, 0.2) is 5.78 Å². The van der Waals surface area contributed by atoms with Gasteiger partial charge in [-0.2, -0.15) is 0 Å². The van der Waals surface area contributed by atoms with E-state index in [1.165, 1.54) is 0 Å². The van der Waals surface area contributed by atoms with Crippen LogP contribution in [-0.2, 0) is 4.79 Å². The van der Waals surface area contributed by atoms with Crippen LogP contribution in [0.3, 0.4) is 0 Å². The lowest BCUT2D eigenvalue weighted by Crippen LogP contribution is -2.34. The second kappa shape index (κ2) is 9.51. The number of nitrogens with zero attached hydrogens (tertiary/aromatic N) is 1. The summed E-state index contributed by atoms with van der Waals surface area (Å²) >= 11 is 5.94. The Morgan fingerprint density at radius 3 is 2.31 bits per heavy atom. The predicted octanol–water partition coefficient (Wildman–Crippen LogP) is 4.03. The number of nitrogens with one attached hydrogen (secondary N) is 1. The van der Waals surface area contributed by atoms with Crippen molar-refractivity contribution in [2.24, 2.45) is 0 Å². The molecule has 0 fully saturated rings. The van der Waals surface area contributed by atoms with E-state index in [0.717, 1.165) is 11.1 Å². The van der Waals surface area contributed by atoms with Gasteiger partial charge in [-0.25, -0.2) is 0 Å². The number of likely N-dealkylation sites (N-methyl/N-ethyl adjacent to an activating group) is 1. The largest absolute Gasteiger partial charge is 0.354 e. The van der Waals surface area contributed by atoms with Gasteiger partial charge in [-0.3, -0.25) is 9.59 Å². The zero-order valence-electron chi connectivity index (χ0n) is 15.5. The monoisotopic (exact) mass is 372 g/mol. The maximum absolute atomic E-state index is 12.3. The fourth-order valence-electron chi connectivity index (χ4n) is 2.83. The zero-order chi connectivity index (χ0) is 19.1. The minimum absolute atomic E-state index is 0.000103. The van der Waals surface area contributed by atoms with Crippen LogP contribution in [-0.4, -0.2) is 37.2 Å². The summed E-state index contributed by atoms with van der Waals surface area (Å²) < 4.78 is 0. The maximum Gasteiger partial charge on any atom is 0.220 e. The van der Waals surface area contributed by atoms with Gasteiger partial charge in [0.05, 0.1) is 6.04 Å². The molecule has 4 nitrogen and oxygen atoms in total. The zero-order valence-corrected chi connectivity index (χ0v) is 16.2. The third kappa shape index (κ3) is 5.68. The van der Waals surface area contributed by atoms with Crippen LogP contribution in [0.1, 0.15) is 40.4 Å². The smallest absolute Gasteiger partial charge is 0.220 e. The van der Waals surface area contributed by atoms with Gasteiger partial charge in [-0.05, 0) is 44.3 Å². The fourth-order valence-corrected chi connectivity index (χ4v) is 2.96. The number of Topliss-reactive ketones (excluding diaryl/α,β-unsaturated/α-hetero) is 1. The number of amides is 1. The summed E-state index contributed by atoms with van der Waals surface area (Å²) in [4.78, 5) is 26.5. The molecule has 2 rings (SSSR count). The molecule has 138 valence electrons. The SMILES string of the molecule is Cc1ccccc1C(=O)CCC(=O)NCC(c1ccc(Cl)cc1)N(C)C. The average Bonchev–Trinajstić information content (AvgIpc) is 2.61. The van der Waals surface area contributed by atoms with E-state index < -0.39 is 0 Å². The second-order valence-corrected chi connectivity index (χ2v) is 7.01. The van der Waals surface area contributed by atoms with Crippen molar-refractivity contribution in [2.45, 2.75) is 25.8 Å². The molecule has 0 aliphatic heterocycles. The molecule has 0 heterocycles. The highest BCUT2D eigenvalue weighted by Crippen LogP contribution is 2.20.